The van der Waals surface area contributed by atoms with Gasteiger partial charge in [0, 0.05) is 24.2 Å². The first kappa shape index (κ1) is 17.3. The van der Waals surface area contributed by atoms with Gasteiger partial charge in [-0.15, -0.1) is 0 Å². The number of carbonyl (C=O) groups excluding carboxylic acids is 1. The smallest absolute Gasteiger partial charge is 0.412 e. The van der Waals surface area contributed by atoms with Crippen molar-refractivity contribution >= 4 is 23.5 Å². The summed E-state index contributed by atoms with van der Waals surface area (Å²) in [7, 11) is 0. The van der Waals surface area contributed by atoms with Crippen molar-refractivity contribution in [3.8, 4) is 0 Å². The maximum Gasteiger partial charge on any atom is 0.412 e. The lowest BCUT2D eigenvalue weighted by Gasteiger charge is -2.19. The second kappa shape index (κ2) is 6.99. The molecule has 124 valence electrons. The van der Waals surface area contributed by atoms with Gasteiger partial charge in [0.15, 0.2) is 5.16 Å². The molecule has 0 aromatic carbocycles. The van der Waals surface area contributed by atoms with Crippen molar-refractivity contribution < 1.29 is 9.53 Å². The highest BCUT2D eigenvalue weighted by atomic mass is 32.2. The van der Waals surface area contributed by atoms with E-state index >= 15 is 0 Å². The highest BCUT2D eigenvalue weighted by Gasteiger charge is 2.17. The Bertz CT molecular complexity index is 663. The van der Waals surface area contributed by atoms with Gasteiger partial charge >= 0.3 is 6.09 Å². The number of carbonyl (C=O) groups is 1. The Morgan fingerprint density at radius 3 is 2.52 bits per heavy atom. The number of anilines is 1. The first-order valence-corrected chi connectivity index (χ1v) is 8.41. The van der Waals surface area contributed by atoms with Crippen LogP contribution in [0.1, 0.15) is 39.3 Å². The lowest BCUT2D eigenvalue weighted by atomic mass is 10.2. The van der Waals surface area contributed by atoms with Crippen molar-refractivity contribution in [2.75, 3.05) is 11.6 Å². The topological polar surface area (TPSA) is 81.9 Å². The van der Waals surface area contributed by atoms with Gasteiger partial charge in [-0.25, -0.2) is 14.8 Å². The Morgan fingerprint density at radius 2 is 1.96 bits per heavy atom. The molecule has 0 radical (unpaired) electrons. The van der Waals surface area contributed by atoms with Crippen LogP contribution in [0.4, 0.5) is 10.5 Å². The summed E-state index contributed by atoms with van der Waals surface area (Å²) in [5, 5.41) is 7.66. The molecule has 1 amide bonds. The number of rotatable bonds is 4. The van der Waals surface area contributed by atoms with Crippen molar-refractivity contribution in [3.05, 3.63) is 30.4 Å². The van der Waals surface area contributed by atoms with E-state index in [1.165, 1.54) is 11.8 Å². The van der Waals surface area contributed by atoms with Crippen LogP contribution in [0, 0.1) is 0 Å². The summed E-state index contributed by atoms with van der Waals surface area (Å²) in [4.78, 5) is 20.3. The summed E-state index contributed by atoms with van der Waals surface area (Å²) >= 11 is 1.49. The number of nitrogens with zero attached hydrogens (tertiary/aromatic N) is 4. The van der Waals surface area contributed by atoms with Crippen LogP contribution in [0.15, 0.2) is 29.9 Å². The Morgan fingerprint density at radius 1 is 1.30 bits per heavy atom. The van der Waals surface area contributed by atoms with Crippen LogP contribution in [0.2, 0.25) is 0 Å². The van der Waals surface area contributed by atoms with E-state index in [1.807, 2.05) is 34.0 Å². The summed E-state index contributed by atoms with van der Waals surface area (Å²) in [6.45, 7) is 7.44. The predicted molar refractivity (Wildman–Crippen MR) is 89.7 cm³/mol. The molecule has 0 aliphatic carbocycles. The zero-order valence-electron chi connectivity index (χ0n) is 13.9. The normalized spacial score (nSPS) is 12.7. The van der Waals surface area contributed by atoms with Gasteiger partial charge in [0.1, 0.15) is 5.60 Å². The van der Waals surface area contributed by atoms with E-state index in [2.05, 4.69) is 20.4 Å². The molecular formula is C15H21N5O2S. The first-order chi connectivity index (χ1) is 10.8. The fraction of sp³-hybridized carbons (Fsp3) is 0.467. The molecule has 1 atom stereocenters. The lowest BCUT2D eigenvalue weighted by molar-refractivity contribution is 0.0636. The van der Waals surface area contributed by atoms with Crippen molar-refractivity contribution in [1.29, 1.82) is 0 Å². The van der Waals surface area contributed by atoms with Gasteiger partial charge in [-0.3, -0.25) is 10.00 Å². The molecule has 7 nitrogen and oxygen atoms in total. The van der Waals surface area contributed by atoms with Crippen molar-refractivity contribution in [2.24, 2.45) is 0 Å². The molecule has 0 spiro atoms. The number of nitrogens with one attached hydrogen (secondary N) is 1. The van der Waals surface area contributed by atoms with Crippen LogP contribution in [-0.4, -0.2) is 37.7 Å². The molecular weight excluding hydrogens is 314 g/mol. The Hall–Kier alpha value is -2.09. The highest BCUT2D eigenvalue weighted by Crippen LogP contribution is 2.19. The third kappa shape index (κ3) is 4.95. The monoisotopic (exact) mass is 335 g/mol. The Kier molecular flexibility index (Phi) is 5.25. The van der Waals surface area contributed by atoms with Gasteiger partial charge in [0.2, 0.25) is 0 Å². The van der Waals surface area contributed by atoms with E-state index in [9.17, 15) is 4.79 Å². The quantitative estimate of drug-likeness (QED) is 0.681. The number of hydrogen-bond donors (Lipinski definition) is 1. The van der Waals surface area contributed by atoms with Crippen LogP contribution < -0.4 is 5.32 Å². The molecule has 8 heteroatoms. The van der Waals surface area contributed by atoms with Gasteiger partial charge in [-0.05, 0) is 34.0 Å². The predicted octanol–water partition coefficient (Wildman–Crippen LogP) is 3.35. The lowest BCUT2D eigenvalue weighted by Crippen LogP contribution is -2.27. The number of aromatic nitrogens is 4. The van der Waals surface area contributed by atoms with Crippen LogP contribution in [0.3, 0.4) is 0 Å². The molecule has 1 N–H and O–H groups in total. The molecule has 0 saturated carbocycles. The number of amides is 1. The number of ether oxygens (including phenoxy) is 1. The molecule has 0 aliphatic heterocycles. The summed E-state index contributed by atoms with van der Waals surface area (Å²) < 4.78 is 6.95. The Labute approximate surface area is 139 Å². The maximum atomic E-state index is 11.8. The first-order valence-electron chi connectivity index (χ1n) is 7.18. The average Bonchev–Trinajstić information content (AvgIpc) is 2.93. The summed E-state index contributed by atoms with van der Waals surface area (Å²) in [6, 6.07) is -0.0416. The SMILES string of the molecule is CSc1ncc(C(C)n2cc(NC(=O)OC(C)(C)C)cn2)cn1. The number of hydrogen-bond acceptors (Lipinski definition) is 6. The molecule has 0 saturated heterocycles. The van der Waals surface area contributed by atoms with E-state index < -0.39 is 11.7 Å². The van der Waals surface area contributed by atoms with Gasteiger partial charge in [0.25, 0.3) is 0 Å². The van der Waals surface area contributed by atoms with E-state index in [4.69, 9.17) is 4.74 Å². The summed E-state index contributed by atoms with van der Waals surface area (Å²) in [5.74, 6) is 0. The highest BCUT2D eigenvalue weighted by molar-refractivity contribution is 7.98. The van der Waals surface area contributed by atoms with Crippen molar-refractivity contribution in [2.45, 2.75) is 44.5 Å². The number of thioether (sulfide) groups is 1. The molecule has 2 heterocycles. The fourth-order valence-electron chi connectivity index (χ4n) is 1.84. The van der Waals surface area contributed by atoms with Gasteiger partial charge in [-0.1, -0.05) is 11.8 Å². The van der Waals surface area contributed by atoms with E-state index in [1.54, 1.807) is 29.5 Å². The van der Waals surface area contributed by atoms with Crippen LogP contribution in [0.25, 0.3) is 0 Å². The van der Waals surface area contributed by atoms with E-state index in [0.717, 1.165) is 10.7 Å². The second-order valence-corrected chi connectivity index (χ2v) is 6.79. The zero-order valence-corrected chi connectivity index (χ0v) is 14.7. The van der Waals surface area contributed by atoms with E-state index in [0.29, 0.717) is 5.69 Å². The van der Waals surface area contributed by atoms with Crippen LogP contribution in [0.5, 0.6) is 0 Å². The second-order valence-electron chi connectivity index (χ2n) is 6.01. The summed E-state index contributed by atoms with van der Waals surface area (Å²) in [6.07, 6.45) is 8.32. The molecule has 2 aromatic rings. The minimum Gasteiger partial charge on any atom is -0.444 e. The molecule has 1 unspecified atom stereocenters. The molecule has 0 aliphatic rings. The molecule has 2 aromatic heterocycles. The molecule has 2 rings (SSSR count). The van der Waals surface area contributed by atoms with Gasteiger partial charge < -0.3 is 4.74 Å². The van der Waals surface area contributed by atoms with E-state index in [-0.39, 0.29) is 6.04 Å². The zero-order chi connectivity index (χ0) is 17.0. The van der Waals surface area contributed by atoms with Gasteiger partial charge in [0.05, 0.1) is 17.9 Å². The van der Waals surface area contributed by atoms with Crippen molar-refractivity contribution in [1.82, 2.24) is 19.7 Å². The third-order valence-electron chi connectivity index (χ3n) is 2.96. The molecule has 0 fully saturated rings. The van der Waals surface area contributed by atoms with Crippen molar-refractivity contribution in [3.63, 3.8) is 0 Å². The Balaban J connectivity index is 2.04. The summed E-state index contributed by atoms with van der Waals surface area (Å²) in [5.41, 5.74) is 0.978. The van der Waals surface area contributed by atoms with Crippen LogP contribution in [-0.2, 0) is 4.74 Å². The third-order valence-corrected chi connectivity index (χ3v) is 3.53. The minimum atomic E-state index is -0.538. The maximum absolute atomic E-state index is 11.8. The molecule has 23 heavy (non-hydrogen) atoms. The van der Waals surface area contributed by atoms with Crippen LogP contribution >= 0.6 is 11.8 Å². The van der Waals surface area contributed by atoms with Gasteiger partial charge in [-0.2, -0.15) is 5.10 Å². The fourth-order valence-corrected chi connectivity index (χ4v) is 2.15. The average molecular weight is 335 g/mol. The molecule has 0 bridgehead atoms. The largest absolute Gasteiger partial charge is 0.444 e. The standard InChI is InChI=1S/C15H21N5O2S/c1-10(11-6-16-13(23-5)17-7-11)20-9-12(8-18-20)19-14(21)22-15(2,3)4/h6-10H,1-5H3,(H,19,21). The minimum absolute atomic E-state index is 0.0416.